The van der Waals surface area contributed by atoms with Crippen molar-refractivity contribution >= 4 is 37.7 Å². The molecule has 4 aromatic rings. The molecule has 0 fully saturated rings. The monoisotopic (exact) mass is 457 g/mol. The molecule has 0 radical (unpaired) electrons. The van der Waals surface area contributed by atoms with E-state index in [-0.39, 0.29) is 11.4 Å². The summed E-state index contributed by atoms with van der Waals surface area (Å²) in [5, 5.41) is 1.33. The molecule has 0 saturated carbocycles. The van der Waals surface area contributed by atoms with Gasteiger partial charge in [-0.25, -0.2) is 12.7 Å². The molecular formula is C27H25N2O3S+. The van der Waals surface area contributed by atoms with Crippen LogP contribution in [0.5, 0.6) is 0 Å². The lowest BCUT2D eigenvalue weighted by Crippen LogP contribution is -2.40. The Labute approximate surface area is 194 Å². The number of nitrogens with zero attached hydrogens (tertiary/aromatic N) is 2. The molecule has 0 saturated heterocycles. The third-order valence-electron chi connectivity index (χ3n) is 5.65. The second-order valence-corrected chi connectivity index (χ2v) is 9.76. The van der Waals surface area contributed by atoms with Crippen LogP contribution in [0.15, 0.2) is 77.7 Å². The van der Waals surface area contributed by atoms with Crippen LogP contribution in [0.2, 0.25) is 0 Å². The molecule has 0 N–H and O–H groups in total. The van der Waals surface area contributed by atoms with E-state index < -0.39 is 15.9 Å². The van der Waals surface area contributed by atoms with Gasteiger partial charge in [0.15, 0.2) is 0 Å². The SMILES string of the molecule is C#CC[n+]1c2ccccc2c(C(=O)N(CCC)S(=O)(=O)c2ccc(C)cc2)c2ccccc21. The van der Waals surface area contributed by atoms with Crippen LogP contribution in [-0.4, -0.2) is 25.2 Å². The fourth-order valence-electron chi connectivity index (χ4n) is 4.10. The van der Waals surface area contributed by atoms with E-state index in [1.165, 1.54) is 0 Å². The van der Waals surface area contributed by atoms with Crippen LogP contribution < -0.4 is 4.57 Å². The first-order valence-corrected chi connectivity index (χ1v) is 12.2. The molecule has 0 aliphatic carbocycles. The predicted octanol–water partition coefficient (Wildman–Crippen LogP) is 4.46. The molecule has 1 heterocycles. The zero-order valence-corrected chi connectivity index (χ0v) is 19.5. The van der Waals surface area contributed by atoms with Crippen LogP contribution in [0.1, 0.15) is 29.3 Å². The molecule has 33 heavy (non-hydrogen) atoms. The minimum Gasteiger partial charge on any atom is -0.268 e. The Morgan fingerprint density at radius 2 is 1.48 bits per heavy atom. The van der Waals surface area contributed by atoms with Crippen molar-refractivity contribution in [3.63, 3.8) is 0 Å². The van der Waals surface area contributed by atoms with Gasteiger partial charge in [0.2, 0.25) is 17.6 Å². The van der Waals surface area contributed by atoms with E-state index in [0.717, 1.165) is 20.9 Å². The van der Waals surface area contributed by atoms with Crippen molar-refractivity contribution in [2.45, 2.75) is 31.7 Å². The van der Waals surface area contributed by atoms with Crippen molar-refractivity contribution in [1.82, 2.24) is 4.31 Å². The van der Waals surface area contributed by atoms with E-state index in [1.807, 2.05) is 66.9 Å². The number of carbonyl (C=O) groups excluding carboxylic acids is 1. The Bertz CT molecular complexity index is 1440. The smallest absolute Gasteiger partial charge is 0.268 e. The predicted molar refractivity (Wildman–Crippen MR) is 130 cm³/mol. The standard InChI is InChI=1S/C27H25N2O3S/c1-4-18-28-24-12-8-6-10-22(24)26(23-11-7-9-13-25(23)28)27(30)29(19-5-2)33(31,32)21-16-14-20(3)15-17-21/h1,6-17H,5,18-19H2,2-3H3/q+1. The van der Waals surface area contributed by atoms with E-state index in [1.54, 1.807) is 24.3 Å². The summed E-state index contributed by atoms with van der Waals surface area (Å²) in [5.41, 5.74) is 2.86. The molecule has 166 valence electrons. The summed E-state index contributed by atoms with van der Waals surface area (Å²) >= 11 is 0. The summed E-state index contributed by atoms with van der Waals surface area (Å²) in [4.78, 5) is 14.1. The Hall–Kier alpha value is -3.69. The van der Waals surface area contributed by atoms with E-state index in [0.29, 0.717) is 29.3 Å². The number of hydrogen-bond acceptors (Lipinski definition) is 3. The number of fused-ring (bicyclic) bond motifs is 2. The summed E-state index contributed by atoms with van der Waals surface area (Å²) in [6, 6.07) is 21.5. The van der Waals surface area contributed by atoms with E-state index in [2.05, 4.69) is 5.92 Å². The number of benzene rings is 3. The van der Waals surface area contributed by atoms with Gasteiger partial charge in [-0.05, 0) is 43.5 Å². The molecule has 1 aromatic heterocycles. The molecule has 0 aliphatic heterocycles. The fourth-order valence-corrected chi connectivity index (χ4v) is 5.57. The first-order chi connectivity index (χ1) is 15.9. The highest BCUT2D eigenvalue weighted by atomic mass is 32.2. The van der Waals surface area contributed by atoms with E-state index >= 15 is 0 Å². The highest BCUT2D eigenvalue weighted by Crippen LogP contribution is 2.28. The van der Waals surface area contributed by atoms with Crippen molar-refractivity contribution in [1.29, 1.82) is 0 Å². The molecule has 0 unspecified atom stereocenters. The van der Waals surface area contributed by atoms with Gasteiger partial charge in [-0.3, -0.25) is 4.79 Å². The number of hydrogen-bond donors (Lipinski definition) is 0. The van der Waals surface area contributed by atoms with E-state index in [9.17, 15) is 13.2 Å². The second kappa shape index (κ2) is 9.05. The maximum Gasteiger partial charge on any atom is 0.269 e. The zero-order valence-electron chi connectivity index (χ0n) is 18.7. The van der Waals surface area contributed by atoms with Gasteiger partial charge < -0.3 is 0 Å². The Balaban J connectivity index is 2.00. The highest BCUT2D eigenvalue weighted by Gasteiger charge is 2.33. The Kier molecular flexibility index (Phi) is 6.17. The number of aryl methyl sites for hydroxylation is 1. The normalized spacial score (nSPS) is 11.4. The van der Waals surface area contributed by atoms with Gasteiger partial charge in [0.05, 0.1) is 21.2 Å². The van der Waals surface area contributed by atoms with Crippen LogP contribution in [0.25, 0.3) is 21.8 Å². The molecule has 1 amide bonds. The molecule has 3 aromatic carbocycles. The number of amides is 1. The number of aromatic nitrogens is 1. The van der Waals surface area contributed by atoms with Crippen molar-refractivity contribution in [3.8, 4) is 12.3 Å². The van der Waals surface area contributed by atoms with Crippen LogP contribution in [0.4, 0.5) is 0 Å². The molecule has 0 bridgehead atoms. The highest BCUT2D eigenvalue weighted by molar-refractivity contribution is 7.89. The van der Waals surface area contributed by atoms with Crippen molar-refractivity contribution < 1.29 is 17.8 Å². The average Bonchev–Trinajstić information content (AvgIpc) is 2.82. The molecule has 6 heteroatoms. The average molecular weight is 458 g/mol. The van der Waals surface area contributed by atoms with E-state index in [4.69, 9.17) is 6.42 Å². The van der Waals surface area contributed by atoms with Crippen LogP contribution in [0, 0.1) is 19.3 Å². The molecule has 0 aliphatic rings. The summed E-state index contributed by atoms with van der Waals surface area (Å²) < 4.78 is 30.1. The van der Waals surface area contributed by atoms with Gasteiger partial charge >= 0.3 is 0 Å². The molecular weight excluding hydrogens is 432 g/mol. The zero-order chi connectivity index (χ0) is 23.6. The van der Waals surface area contributed by atoms with Gasteiger partial charge in [0.25, 0.3) is 15.9 Å². The number of terminal acetylenes is 1. The minimum absolute atomic E-state index is 0.0803. The lowest BCUT2D eigenvalue weighted by Gasteiger charge is -2.23. The van der Waals surface area contributed by atoms with Gasteiger partial charge in [-0.1, -0.05) is 48.9 Å². The number of pyridine rings is 1. The van der Waals surface area contributed by atoms with Crippen LogP contribution >= 0.6 is 0 Å². The summed E-state index contributed by atoms with van der Waals surface area (Å²) in [6.45, 7) is 4.15. The van der Waals surface area contributed by atoms with Crippen LogP contribution in [-0.2, 0) is 16.6 Å². The van der Waals surface area contributed by atoms with Crippen molar-refractivity contribution in [3.05, 3.63) is 83.9 Å². The number of carbonyl (C=O) groups is 1. The number of rotatable bonds is 6. The summed E-state index contributed by atoms with van der Waals surface area (Å²) in [7, 11) is -4.04. The van der Waals surface area contributed by atoms with Gasteiger partial charge in [0, 0.05) is 18.7 Å². The minimum atomic E-state index is -4.04. The third-order valence-corrected chi connectivity index (χ3v) is 7.45. The fraction of sp³-hybridized carbons (Fsp3) is 0.185. The molecule has 0 spiro atoms. The topological polar surface area (TPSA) is 58.3 Å². The third kappa shape index (κ3) is 3.96. The second-order valence-electron chi connectivity index (χ2n) is 7.89. The molecule has 5 nitrogen and oxygen atoms in total. The first-order valence-electron chi connectivity index (χ1n) is 10.8. The van der Waals surface area contributed by atoms with Crippen molar-refractivity contribution in [2.75, 3.05) is 6.54 Å². The number of sulfonamides is 1. The number of para-hydroxylation sites is 2. The van der Waals surface area contributed by atoms with Gasteiger partial charge in [0.1, 0.15) is 0 Å². The van der Waals surface area contributed by atoms with Crippen LogP contribution in [0.3, 0.4) is 0 Å². The van der Waals surface area contributed by atoms with Gasteiger partial charge in [-0.2, -0.15) is 4.57 Å². The van der Waals surface area contributed by atoms with Crippen molar-refractivity contribution in [2.24, 2.45) is 0 Å². The first kappa shape index (κ1) is 22.5. The maximum absolute atomic E-state index is 14.0. The summed E-state index contributed by atoms with van der Waals surface area (Å²) in [5.74, 6) is 2.14. The lowest BCUT2D eigenvalue weighted by molar-refractivity contribution is -0.632. The quantitative estimate of drug-likeness (QED) is 0.244. The maximum atomic E-state index is 14.0. The Morgan fingerprint density at radius 3 is 2.00 bits per heavy atom. The summed E-state index contributed by atoms with van der Waals surface area (Å²) in [6.07, 6.45) is 6.13. The molecule has 4 rings (SSSR count). The molecule has 0 atom stereocenters. The largest absolute Gasteiger partial charge is 0.269 e. The lowest BCUT2D eigenvalue weighted by atomic mass is 10.0. The van der Waals surface area contributed by atoms with Gasteiger partial charge in [-0.15, -0.1) is 6.42 Å². The Morgan fingerprint density at radius 1 is 0.939 bits per heavy atom.